The van der Waals surface area contributed by atoms with Gasteiger partial charge in [-0.2, -0.15) is 0 Å². The second-order valence-corrected chi connectivity index (χ2v) is 7.20. The highest BCUT2D eigenvalue weighted by atomic mass is 127. The third-order valence-electron chi connectivity index (χ3n) is 4.29. The van der Waals surface area contributed by atoms with Crippen molar-refractivity contribution in [3.8, 4) is 0 Å². The van der Waals surface area contributed by atoms with Gasteiger partial charge in [-0.3, -0.25) is 4.90 Å². The molecule has 1 aliphatic heterocycles. The molecule has 2 rings (SSSR count). The molecule has 0 aromatic carbocycles. The third kappa shape index (κ3) is 4.05. The SMILES string of the molecule is CCCOC1CCC(N2CCC(N)CC2I)CC1. The molecule has 1 saturated heterocycles. The van der Waals surface area contributed by atoms with Crippen LogP contribution in [0.15, 0.2) is 0 Å². The average Bonchev–Trinajstić information content (AvgIpc) is 2.37. The molecule has 2 aliphatic rings. The summed E-state index contributed by atoms with van der Waals surface area (Å²) >= 11 is 2.58. The summed E-state index contributed by atoms with van der Waals surface area (Å²) in [6, 6.07) is 1.20. The van der Waals surface area contributed by atoms with Crippen LogP contribution >= 0.6 is 22.6 Å². The van der Waals surface area contributed by atoms with E-state index >= 15 is 0 Å². The lowest BCUT2D eigenvalue weighted by Gasteiger charge is -2.43. The fraction of sp³-hybridized carbons (Fsp3) is 1.00. The number of likely N-dealkylation sites (tertiary alicyclic amines) is 1. The van der Waals surface area contributed by atoms with Crippen molar-refractivity contribution in [1.82, 2.24) is 4.90 Å². The minimum atomic E-state index is 0.423. The maximum absolute atomic E-state index is 6.04. The maximum atomic E-state index is 6.04. The third-order valence-corrected chi connectivity index (χ3v) is 5.51. The quantitative estimate of drug-likeness (QED) is 0.472. The molecule has 2 N–H and O–H groups in total. The molecule has 3 nitrogen and oxygen atoms in total. The maximum Gasteiger partial charge on any atom is 0.0635 e. The summed E-state index contributed by atoms with van der Waals surface area (Å²) in [5.74, 6) is 0. The van der Waals surface area contributed by atoms with Gasteiger partial charge < -0.3 is 10.5 Å². The largest absolute Gasteiger partial charge is 0.378 e. The Labute approximate surface area is 125 Å². The van der Waals surface area contributed by atoms with Gasteiger partial charge in [0, 0.05) is 25.2 Å². The van der Waals surface area contributed by atoms with E-state index in [4.69, 9.17) is 10.5 Å². The first kappa shape index (κ1) is 15.0. The molecule has 1 aliphatic carbocycles. The van der Waals surface area contributed by atoms with E-state index in [2.05, 4.69) is 34.4 Å². The molecule has 0 aromatic heterocycles. The first-order valence-electron chi connectivity index (χ1n) is 7.47. The zero-order valence-corrected chi connectivity index (χ0v) is 13.6. The Kier molecular flexibility index (Phi) is 6.18. The standard InChI is InChI=1S/C14H27IN2O/c1-2-9-18-13-5-3-12(4-6-13)17-8-7-11(16)10-14(17)15/h11-14H,2-10,16H2,1H3. The van der Waals surface area contributed by atoms with Crippen molar-refractivity contribution in [3.05, 3.63) is 0 Å². The Balaban J connectivity index is 1.75. The van der Waals surface area contributed by atoms with Crippen LogP contribution in [0.2, 0.25) is 0 Å². The number of nitrogens with zero attached hydrogens (tertiary/aromatic N) is 1. The van der Waals surface area contributed by atoms with Gasteiger partial charge in [-0.15, -0.1) is 0 Å². The number of nitrogens with two attached hydrogens (primary N) is 1. The van der Waals surface area contributed by atoms with Crippen molar-refractivity contribution in [3.63, 3.8) is 0 Å². The van der Waals surface area contributed by atoms with Crippen molar-refractivity contribution in [2.45, 2.75) is 74.1 Å². The zero-order chi connectivity index (χ0) is 13.0. The van der Waals surface area contributed by atoms with E-state index in [9.17, 15) is 0 Å². The van der Waals surface area contributed by atoms with E-state index in [0.717, 1.165) is 25.5 Å². The molecule has 2 fully saturated rings. The van der Waals surface area contributed by atoms with E-state index in [1.165, 1.54) is 38.6 Å². The number of piperidine rings is 1. The first-order valence-corrected chi connectivity index (χ1v) is 8.72. The predicted octanol–water partition coefficient (Wildman–Crippen LogP) is 2.91. The van der Waals surface area contributed by atoms with Gasteiger partial charge in [-0.25, -0.2) is 0 Å². The summed E-state index contributed by atoms with van der Waals surface area (Å²) in [4.78, 5) is 2.69. The molecule has 106 valence electrons. The second kappa shape index (κ2) is 7.41. The zero-order valence-electron chi connectivity index (χ0n) is 11.5. The van der Waals surface area contributed by atoms with E-state index < -0.39 is 0 Å². The molecule has 18 heavy (non-hydrogen) atoms. The summed E-state index contributed by atoms with van der Waals surface area (Å²) in [6.07, 6.45) is 9.11. The molecule has 4 heteroatoms. The minimum Gasteiger partial charge on any atom is -0.378 e. The van der Waals surface area contributed by atoms with Crippen molar-refractivity contribution in [1.29, 1.82) is 0 Å². The van der Waals surface area contributed by atoms with Crippen LogP contribution < -0.4 is 5.73 Å². The number of hydrogen-bond acceptors (Lipinski definition) is 3. The van der Waals surface area contributed by atoms with E-state index in [-0.39, 0.29) is 0 Å². The number of alkyl halides is 1. The van der Waals surface area contributed by atoms with Gasteiger partial charge in [0.25, 0.3) is 0 Å². The Hall–Kier alpha value is 0.610. The molecule has 0 spiro atoms. The molecule has 1 heterocycles. The highest BCUT2D eigenvalue weighted by Gasteiger charge is 2.32. The topological polar surface area (TPSA) is 38.5 Å². The minimum absolute atomic E-state index is 0.423. The summed E-state index contributed by atoms with van der Waals surface area (Å²) < 4.78 is 6.51. The van der Waals surface area contributed by atoms with Crippen LogP contribution in [0.25, 0.3) is 0 Å². The molecule has 2 unspecified atom stereocenters. The summed E-state index contributed by atoms with van der Waals surface area (Å²) in [5, 5.41) is 0. The van der Waals surface area contributed by atoms with Crippen molar-refractivity contribution >= 4 is 22.6 Å². The van der Waals surface area contributed by atoms with Gasteiger partial charge in [0.15, 0.2) is 0 Å². The van der Waals surface area contributed by atoms with Crippen molar-refractivity contribution < 1.29 is 4.74 Å². The van der Waals surface area contributed by atoms with E-state index in [1.807, 2.05) is 0 Å². The normalized spacial score (nSPS) is 38.8. The number of ether oxygens (including phenoxy) is 1. The molecule has 0 aromatic rings. The first-order chi connectivity index (χ1) is 8.70. The number of rotatable bonds is 4. The Morgan fingerprint density at radius 2 is 1.94 bits per heavy atom. The molecule has 0 bridgehead atoms. The molecular formula is C14H27IN2O. The fourth-order valence-electron chi connectivity index (χ4n) is 3.20. The number of hydrogen-bond donors (Lipinski definition) is 1. The molecule has 1 saturated carbocycles. The lowest BCUT2D eigenvalue weighted by Crippen LogP contribution is -2.50. The highest BCUT2D eigenvalue weighted by molar-refractivity contribution is 14.1. The van der Waals surface area contributed by atoms with E-state index in [1.54, 1.807) is 0 Å². The highest BCUT2D eigenvalue weighted by Crippen LogP contribution is 2.31. The van der Waals surface area contributed by atoms with Crippen LogP contribution in [-0.4, -0.2) is 40.3 Å². The second-order valence-electron chi connectivity index (χ2n) is 5.76. The Morgan fingerprint density at radius 3 is 2.56 bits per heavy atom. The van der Waals surface area contributed by atoms with Gasteiger partial charge >= 0.3 is 0 Å². The van der Waals surface area contributed by atoms with Crippen molar-refractivity contribution in [2.75, 3.05) is 13.2 Å². The van der Waals surface area contributed by atoms with Crippen LogP contribution in [0, 0.1) is 0 Å². The molecular weight excluding hydrogens is 339 g/mol. The fourth-order valence-corrected chi connectivity index (χ4v) is 4.58. The van der Waals surface area contributed by atoms with Crippen LogP contribution in [0.1, 0.15) is 51.9 Å². The van der Waals surface area contributed by atoms with Crippen LogP contribution in [0.5, 0.6) is 0 Å². The smallest absolute Gasteiger partial charge is 0.0635 e. The average molecular weight is 366 g/mol. The van der Waals surface area contributed by atoms with Crippen LogP contribution in [0.4, 0.5) is 0 Å². The van der Waals surface area contributed by atoms with E-state index in [0.29, 0.717) is 16.2 Å². The van der Waals surface area contributed by atoms with Gasteiger partial charge in [-0.05, 0) is 44.9 Å². The van der Waals surface area contributed by atoms with Crippen LogP contribution in [-0.2, 0) is 4.74 Å². The predicted molar refractivity (Wildman–Crippen MR) is 84.0 cm³/mol. The molecule has 0 amide bonds. The molecule has 2 atom stereocenters. The van der Waals surface area contributed by atoms with Gasteiger partial charge in [0.2, 0.25) is 0 Å². The summed E-state index contributed by atoms with van der Waals surface area (Å²) in [5.41, 5.74) is 6.04. The van der Waals surface area contributed by atoms with Gasteiger partial charge in [-0.1, -0.05) is 29.5 Å². The van der Waals surface area contributed by atoms with Crippen LogP contribution in [0.3, 0.4) is 0 Å². The monoisotopic (exact) mass is 366 g/mol. The van der Waals surface area contributed by atoms with Gasteiger partial charge in [0.1, 0.15) is 0 Å². The Morgan fingerprint density at radius 1 is 1.22 bits per heavy atom. The number of halogens is 1. The Bertz CT molecular complexity index is 244. The van der Waals surface area contributed by atoms with Crippen molar-refractivity contribution in [2.24, 2.45) is 5.73 Å². The molecule has 0 radical (unpaired) electrons. The lowest BCUT2D eigenvalue weighted by molar-refractivity contribution is 0.00250. The summed E-state index contributed by atoms with van der Waals surface area (Å²) in [6.45, 7) is 4.31. The lowest BCUT2D eigenvalue weighted by atomic mass is 9.90. The summed E-state index contributed by atoms with van der Waals surface area (Å²) in [7, 11) is 0. The van der Waals surface area contributed by atoms with Gasteiger partial charge in [0.05, 0.1) is 10.2 Å².